The van der Waals surface area contributed by atoms with Crippen LogP contribution in [0.25, 0.3) is 10.8 Å². The molecule has 2 N–H and O–H groups in total. The highest BCUT2D eigenvalue weighted by molar-refractivity contribution is 5.98. The minimum atomic E-state index is -0.345. The highest BCUT2D eigenvalue weighted by Crippen LogP contribution is 2.27. The number of hydrogen-bond donors (Lipinski definition) is 2. The van der Waals surface area contributed by atoms with Crippen LogP contribution in [0.5, 0.6) is 0 Å². The molecule has 2 atom stereocenters. The lowest BCUT2D eigenvalue weighted by molar-refractivity contribution is -0.133. The molecule has 1 saturated heterocycles. The number of carbonyl (C=O) groups is 2. The van der Waals surface area contributed by atoms with Crippen LogP contribution in [0, 0.1) is 5.82 Å². The van der Waals surface area contributed by atoms with Gasteiger partial charge in [0.05, 0.1) is 6.04 Å². The molecule has 1 aliphatic rings. The van der Waals surface area contributed by atoms with Crippen LogP contribution in [0.15, 0.2) is 97.1 Å². The summed E-state index contributed by atoms with van der Waals surface area (Å²) in [5.74, 6) is -0.308. The number of rotatable bonds is 12. The Kier molecular flexibility index (Phi) is 10.8. The Morgan fingerprint density at radius 1 is 0.932 bits per heavy atom. The Balaban J connectivity index is 1.32. The summed E-state index contributed by atoms with van der Waals surface area (Å²) in [5.41, 5.74) is 2.90. The van der Waals surface area contributed by atoms with Gasteiger partial charge in [0, 0.05) is 43.7 Å². The van der Waals surface area contributed by atoms with Gasteiger partial charge < -0.3 is 20.4 Å². The number of carbonyl (C=O) groups excluding carboxylic acids is 2. The molecular weight excluding hydrogens is 551 g/mol. The largest absolute Gasteiger partial charge is 0.350 e. The highest BCUT2D eigenvalue weighted by atomic mass is 19.1. The molecule has 0 aromatic heterocycles. The van der Waals surface area contributed by atoms with Crippen molar-refractivity contribution in [3.05, 3.63) is 120 Å². The molecule has 1 heterocycles. The van der Waals surface area contributed by atoms with Gasteiger partial charge in [0.2, 0.25) is 5.91 Å². The van der Waals surface area contributed by atoms with Gasteiger partial charge in [-0.05, 0) is 72.1 Å². The average Bonchev–Trinajstić information content (AvgIpc) is 3.21. The number of benzene rings is 4. The maximum absolute atomic E-state index is 14.1. The Morgan fingerprint density at radius 2 is 1.57 bits per heavy atom. The maximum atomic E-state index is 14.1. The van der Waals surface area contributed by atoms with Gasteiger partial charge in [-0.1, -0.05) is 86.6 Å². The SMILES string of the molecule is CCN(CC)CC[C@@H]1NC(CNC(=O)c2ccc3cc(F)ccc3c2)CCN(CC(c2ccccc2)c2ccccc2)C1=O. The maximum Gasteiger partial charge on any atom is 0.251 e. The quantitative estimate of drug-likeness (QED) is 0.217. The van der Waals surface area contributed by atoms with E-state index >= 15 is 0 Å². The van der Waals surface area contributed by atoms with Gasteiger partial charge in [-0.15, -0.1) is 0 Å². The molecule has 1 fully saturated rings. The van der Waals surface area contributed by atoms with E-state index in [1.807, 2.05) is 17.0 Å². The minimum absolute atomic E-state index is 0.0578. The molecule has 5 rings (SSSR count). The van der Waals surface area contributed by atoms with Crippen LogP contribution in [0.4, 0.5) is 4.39 Å². The number of nitrogens with one attached hydrogen (secondary N) is 2. The lowest BCUT2D eigenvalue weighted by atomic mass is 9.90. The first-order valence-corrected chi connectivity index (χ1v) is 15.8. The summed E-state index contributed by atoms with van der Waals surface area (Å²) < 4.78 is 13.6. The van der Waals surface area contributed by atoms with E-state index in [0.29, 0.717) is 31.6 Å². The molecule has 0 bridgehead atoms. The number of hydrogen-bond acceptors (Lipinski definition) is 4. The second-order valence-electron chi connectivity index (χ2n) is 11.6. The summed E-state index contributed by atoms with van der Waals surface area (Å²) >= 11 is 0. The smallest absolute Gasteiger partial charge is 0.251 e. The zero-order chi connectivity index (χ0) is 30.9. The van der Waals surface area contributed by atoms with Crippen LogP contribution in [0.3, 0.4) is 0 Å². The first-order valence-electron chi connectivity index (χ1n) is 15.8. The van der Waals surface area contributed by atoms with Gasteiger partial charge in [0.1, 0.15) is 5.82 Å². The van der Waals surface area contributed by atoms with Crippen LogP contribution < -0.4 is 10.6 Å². The van der Waals surface area contributed by atoms with E-state index < -0.39 is 0 Å². The zero-order valence-electron chi connectivity index (χ0n) is 25.7. The van der Waals surface area contributed by atoms with Crippen LogP contribution >= 0.6 is 0 Å². The predicted octanol–water partition coefficient (Wildman–Crippen LogP) is 5.83. The molecule has 230 valence electrons. The van der Waals surface area contributed by atoms with Crippen molar-refractivity contribution in [1.29, 1.82) is 0 Å². The van der Waals surface area contributed by atoms with Crippen molar-refractivity contribution in [1.82, 2.24) is 20.4 Å². The third-order valence-corrected chi connectivity index (χ3v) is 8.80. The lowest BCUT2D eigenvalue weighted by Crippen LogP contribution is -2.50. The fourth-order valence-electron chi connectivity index (χ4n) is 6.15. The Hall–Kier alpha value is -4.07. The van der Waals surface area contributed by atoms with Crippen LogP contribution in [-0.2, 0) is 4.79 Å². The van der Waals surface area contributed by atoms with E-state index in [2.05, 4.69) is 77.9 Å². The number of nitrogens with zero attached hydrogens (tertiary/aromatic N) is 2. The fourth-order valence-corrected chi connectivity index (χ4v) is 6.15. The molecule has 4 aromatic rings. The third-order valence-electron chi connectivity index (χ3n) is 8.80. The van der Waals surface area contributed by atoms with E-state index in [9.17, 15) is 14.0 Å². The second-order valence-corrected chi connectivity index (χ2v) is 11.6. The van der Waals surface area contributed by atoms with E-state index in [1.165, 1.54) is 23.3 Å². The molecule has 0 spiro atoms. The number of halogens is 1. The van der Waals surface area contributed by atoms with E-state index in [0.717, 1.165) is 36.8 Å². The molecule has 1 unspecified atom stereocenters. The van der Waals surface area contributed by atoms with E-state index in [1.54, 1.807) is 24.3 Å². The molecule has 7 heteroatoms. The normalized spacial score (nSPS) is 17.3. The summed E-state index contributed by atoms with van der Waals surface area (Å²) in [6.07, 6.45) is 1.42. The summed E-state index contributed by atoms with van der Waals surface area (Å²) in [5, 5.41) is 8.28. The molecule has 2 amide bonds. The summed E-state index contributed by atoms with van der Waals surface area (Å²) in [4.78, 5) is 31.6. The van der Waals surface area contributed by atoms with Gasteiger partial charge in [-0.3, -0.25) is 9.59 Å². The monoisotopic (exact) mass is 594 g/mol. The van der Waals surface area contributed by atoms with Crippen molar-refractivity contribution < 1.29 is 14.0 Å². The molecule has 6 nitrogen and oxygen atoms in total. The number of amides is 2. The molecule has 0 saturated carbocycles. The predicted molar refractivity (Wildman–Crippen MR) is 175 cm³/mol. The van der Waals surface area contributed by atoms with Gasteiger partial charge >= 0.3 is 0 Å². The van der Waals surface area contributed by atoms with Crippen molar-refractivity contribution in [2.24, 2.45) is 0 Å². The second kappa shape index (κ2) is 15.1. The summed E-state index contributed by atoms with van der Waals surface area (Å²) in [6, 6.07) is 30.2. The van der Waals surface area contributed by atoms with E-state index in [-0.39, 0.29) is 35.6 Å². The van der Waals surface area contributed by atoms with Crippen LogP contribution in [-0.4, -0.2) is 73.0 Å². The van der Waals surface area contributed by atoms with Crippen molar-refractivity contribution >= 4 is 22.6 Å². The topological polar surface area (TPSA) is 64.7 Å². The van der Waals surface area contributed by atoms with E-state index in [4.69, 9.17) is 0 Å². The average molecular weight is 595 g/mol. The van der Waals surface area contributed by atoms with Crippen molar-refractivity contribution in [3.63, 3.8) is 0 Å². The van der Waals surface area contributed by atoms with Gasteiger partial charge in [-0.2, -0.15) is 0 Å². The standard InChI is InChI=1S/C37H43FN4O2/c1-3-41(4-2)21-20-35-37(44)42(26-34(27-11-7-5-8-12-27)28-13-9-6-10-14-28)22-19-33(40-35)25-39-36(43)31-16-15-30-24-32(38)18-17-29(30)23-31/h5-18,23-24,33-35,40H,3-4,19-22,25-26H2,1-2H3,(H,39,43)/t33?,35-/m0/s1. The third kappa shape index (κ3) is 7.90. The molecule has 0 radical (unpaired) electrons. The fraction of sp³-hybridized carbons (Fsp3) is 0.351. The Labute approximate surface area is 260 Å². The zero-order valence-corrected chi connectivity index (χ0v) is 25.7. The van der Waals surface area contributed by atoms with Crippen LogP contribution in [0.1, 0.15) is 54.1 Å². The van der Waals surface area contributed by atoms with Crippen molar-refractivity contribution in [3.8, 4) is 0 Å². The first-order chi connectivity index (χ1) is 21.4. The lowest BCUT2D eigenvalue weighted by Gasteiger charge is -2.30. The number of fused-ring (bicyclic) bond motifs is 1. The van der Waals surface area contributed by atoms with Crippen LogP contribution in [0.2, 0.25) is 0 Å². The molecule has 4 aromatic carbocycles. The summed E-state index contributed by atoms with van der Waals surface area (Å²) in [6.45, 7) is 8.57. The molecule has 1 aliphatic heterocycles. The molecule has 0 aliphatic carbocycles. The van der Waals surface area contributed by atoms with Crippen molar-refractivity contribution in [2.75, 3.05) is 39.3 Å². The van der Waals surface area contributed by atoms with Gasteiger partial charge in [0.15, 0.2) is 0 Å². The molecule has 44 heavy (non-hydrogen) atoms. The Bertz CT molecular complexity index is 1490. The van der Waals surface area contributed by atoms with Crippen molar-refractivity contribution in [2.45, 2.75) is 44.7 Å². The van der Waals surface area contributed by atoms with Gasteiger partial charge in [-0.25, -0.2) is 4.39 Å². The first kappa shape index (κ1) is 31.4. The highest BCUT2D eigenvalue weighted by Gasteiger charge is 2.33. The summed E-state index contributed by atoms with van der Waals surface area (Å²) in [7, 11) is 0. The molecular formula is C37H43FN4O2. The Morgan fingerprint density at radius 3 is 2.23 bits per heavy atom. The minimum Gasteiger partial charge on any atom is -0.350 e. The van der Waals surface area contributed by atoms with Gasteiger partial charge in [0.25, 0.3) is 5.91 Å².